The first kappa shape index (κ1) is 18.8. The van der Waals surface area contributed by atoms with E-state index in [1.807, 2.05) is 0 Å². The number of ether oxygens (including phenoxy) is 3. The molecule has 142 valence electrons. The number of nitro benzene ring substituents is 1. The van der Waals surface area contributed by atoms with Crippen LogP contribution in [0.3, 0.4) is 0 Å². The van der Waals surface area contributed by atoms with Gasteiger partial charge >= 0.3 is 5.97 Å². The molecule has 1 heterocycles. The van der Waals surface area contributed by atoms with E-state index in [0.717, 1.165) is 0 Å². The highest BCUT2D eigenvalue weighted by Crippen LogP contribution is 2.32. The van der Waals surface area contributed by atoms with Gasteiger partial charge in [0.25, 0.3) is 5.69 Å². The number of aromatic nitrogens is 2. The molecule has 0 atom stereocenters. The van der Waals surface area contributed by atoms with Crippen molar-refractivity contribution in [1.29, 1.82) is 0 Å². The molecular formula is C19H15N3O6. The molecule has 9 nitrogen and oxygen atoms in total. The zero-order chi connectivity index (χ0) is 20.1. The number of nitrogens with zero attached hydrogens (tertiary/aromatic N) is 3. The van der Waals surface area contributed by atoms with Gasteiger partial charge in [0.2, 0.25) is 5.88 Å². The number of carbonyl (C=O) groups excluding carboxylic acids is 1. The highest BCUT2D eigenvalue weighted by Gasteiger charge is 2.14. The van der Waals surface area contributed by atoms with Gasteiger partial charge in [0.1, 0.15) is 11.5 Å². The second-order valence-electron chi connectivity index (χ2n) is 5.52. The first-order chi connectivity index (χ1) is 13.5. The van der Waals surface area contributed by atoms with Crippen LogP contribution < -0.4 is 14.2 Å². The lowest BCUT2D eigenvalue weighted by Crippen LogP contribution is -2.10. The van der Waals surface area contributed by atoms with Gasteiger partial charge in [0, 0.05) is 23.8 Å². The summed E-state index contributed by atoms with van der Waals surface area (Å²) < 4.78 is 15.7. The fourth-order valence-electron chi connectivity index (χ4n) is 2.41. The maximum atomic E-state index is 12.1. The Kier molecular flexibility index (Phi) is 5.45. The molecule has 0 unspecified atom stereocenters. The maximum absolute atomic E-state index is 12.1. The van der Waals surface area contributed by atoms with Gasteiger partial charge in [0.05, 0.1) is 30.4 Å². The van der Waals surface area contributed by atoms with Crippen LogP contribution in [-0.4, -0.2) is 35.3 Å². The summed E-state index contributed by atoms with van der Waals surface area (Å²) in [5.41, 5.74) is 1.22. The highest BCUT2D eigenvalue weighted by molar-refractivity contribution is 5.91. The van der Waals surface area contributed by atoms with Crippen LogP contribution in [0.4, 0.5) is 5.69 Å². The number of rotatable bonds is 6. The van der Waals surface area contributed by atoms with Crippen LogP contribution in [-0.2, 0) is 0 Å². The van der Waals surface area contributed by atoms with E-state index in [-0.39, 0.29) is 17.1 Å². The number of hydrogen-bond donors (Lipinski definition) is 0. The van der Waals surface area contributed by atoms with E-state index in [9.17, 15) is 14.9 Å². The van der Waals surface area contributed by atoms with Crippen molar-refractivity contribution in [3.8, 4) is 28.6 Å². The minimum absolute atomic E-state index is 0.00559. The molecule has 0 spiro atoms. The second-order valence-corrected chi connectivity index (χ2v) is 5.52. The van der Waals surface area contributed by atoms with Crippen LogP contribution in [0.1, 0.15) is 10.4 Å². The molecule has 28 heavy (non-hydrogen) atoms. The van der Waals surface area contributed by atoms with Crippen molar-refractivity contribution in [1.82, 2.24) is 10.2 Å². The van der Waals surface area contributed by atoms with Gasteiger partial charge in [-0.05, 0) is 36.4 Å². The van der Waals surface area contributed by atoms with Gasteiger partial charge in [-0.15, -0.1) is 10.2 Å². The van der Waals surface area contributed by atoms with Crippen LogP contribution in [0.2, 0.25) is 0 Å². The van der Waals surface area contributed by atoms with E-state index >= 15 is 0 Å². The molecule has 3 rings (SSSR count). The van der Waals surface area contributed by atoms with Gasteiger partial charge in [-0.2, -0.15) is 0 Å². The molecule has 0 saturated carbocycles. The molecule has 0 amide bonds. The monoisotopic (exact) mass is 381 g/mol. The highest BCUT2D eigenvalue weighted by atomic mass is 16.6. The molecule has 1 aromatic heterocycles. The Bertz CT molecular complexity index is 1000. The van der Waals surface area contributed by atoms with Crippen LogP contribution >= 0.6 is 0 Å². The first-order valence-electron chi connectivity index (χ1n) is 8.04. The first-order valence-corrected chi connectivity index (χ1v) is 8.04. The zero-order valence-electron chi connectivity index (χ0n) is 15.0. The van der Waals surface area contributed by atoms with Crippen LogP contribution in [0, 0.1) is 10.1 Å². The molecule has 0 N–H and O–H groups in total. The summed E-state index contributed by atoms with van der Waals surface area (Å²) in [7, 11) is 3.09. The third-order valence-electron chi connectivity index (χ3n) is 3.83. The Hall–Kier alpha value is -4.01. The number of methoxy groups -OCH3 is 2. The maximum Gasteiger partial charge on any atom is 0.344 e. The van der Waals surface area contributed by atoms with E-state index < -0.39 is 10.9 Å². The molecular weight excluding hydrogens is 366 g/mol. The lowest BCUT2D eigenvalue weighted by atomic mass is 10.1. The van der Waals surface area contributed by atoms with E-state index in [4.69, 9.17) is 14.2 Å². The fraction of sp³-hybridized carbons (Fsp3) is 0.105. The Morgan fingerprint density at radius 3 is 2.29 bits per heavy atom. The third kappa shape index (κ3) is 4.04. The van der Waals surface area contributed by atoms with Crippen LogP contribution in [0.5, 0.6) is 17.4 Å². The number of esters is 1. The third-order valence-corrected chi connectivity index (χ3v) is 3.83. The predicted molar refractivity (Wildman–Crippen MR) is 98.6 cm³/mol. The van der Waals surface area contributed by atoms with Gasteiger partial charge in [0.15, 0.2) is 0 Å². The number of carbonyl (C=O) groups is 1. The molecule has 2 aromatic carbocycles. The Morgan fingerprint density at radius 1 is 0.964 bits per heavy atom. The number of benzene rings is 2. The summed E-state index contributed by atoms with van der Waals surface area (Å²) >= 11 is 0. The van der Waals surface area contributed by atoms with Crippen molar-refractivity contribution in [3.05, 3.63) is 70.3 Å². The molecule has 0 saturated heterocycles. The summed E-state index contributed by atoms with van der Waals surface area (Å²) in [5, 5.41) is 18.6. The van der Waals surface area contributed by atoms with Crippen molar-refractivity contribution < 1.29 is 23.9 Å². The van der Waals surface area contributed by atoms with Gasteiger partial charge in [-0.25, -0.2) is 4.79 Å². The normalized spacial score (nSPS) is 10.2. The fourth-order valence-corrected chi connectivity index (χ4v) is 2.41. The minimum Gasteiger partial charge on any atom is -0.497 e. The second kappa shape index (κ2) is 8.12. The van der Waals surface area contributed by atoms with Crippen molar-refractivity contribution in [2.75, 3.05) is 14.2 Å². The molecule has 0 fully saturated rings. The number of hydrogen-bond acceptors (Lipinski definition) is 8. The Morgan fingerprint density at radius 2 is 1.71 bits per heavy atom. The largest absolute Gasteiger partial charge is 0.497 e. The molecule has 3 aromatic rings. The quantitative estimate of drug-likeness (QED) is 0.363. The van der Waals surface area contributed by atoms with Gasteiger partial charge in [-0.1, -0.05) is 0 Å². The molecule has 0 aliphatic rings. The lowest BCUT2D eigenvalue weighted by molar-refractivity contribution is -0.384. The lowest BCUT2D eigenvalue weighted by Gasteiger charge is -2.10. The number of non-ortho nitro benzene ring substituents is 1. The average Bonchev–Trinajstić information content (AvgIpc) is 2.73. The van der Waals surface area contributed by atoms with E-state index in [1.165, 1.54) is 30.3 Å². The number of nitro groups is 1. The summed E-state index contributed by atoms with van der Waals surface area (Å²) in [6, 6.07) is 13.4. The SMILES string of the molecule is COc1ccc(OC)c(-c2ccc(OC(=O)c3ccc([N+](=O)[O-])cc3)nn2)c1. The molecule has 0 bridgehead atoms. The summed E-state index contributed by atoms with van der Waals surface area (Å²) in [6.07, 6.45) is 0. The smallest absolute Gasteiger partial charge is 0.344 e. The minimum atomic E-state index is -0.698. The molecule has 0 radical (unpaired) electrons. The topological polar surface area (TPSA) is 114 Å². The van der Waals surface area contributed by atoms with Crippen LogP contribution in [0.15, 0.2) is 54.6 Å². The average molecular weight is 381 g/mol. The van der Waals surface area contributed by atoms with Crippen molar-refractivity contribution in [2.24, 2.45) is 0 Å². The zero-order valence-corrected chi connectivity index (χ0v) is 15.0. The van der Waals surface area contributed by atoms with Gasteiger partial charge in [-0.3, -0.25) is 10.1 Å². The molecule has 9 heteroatoms. The van der Waals surface area contributed by atoms with E-state index in [1.54, 1.807) is 38.5 Å². The standard InChI is InChI=1S/C19H15N3O6/c1-26-14-7-9-17(27-2)15(11-14)16-8-10-18(21-20-16)28-19(23)12-3-5-13(6-4-12)22(24)25/h3-11H,1-2H3. The molecule has 0 aliphatic heterocycles. The van der Waals surface area contributed by atoms with E-state index in [0.29, 0.717) is 22.8 Å². The van der Waals surface area contributed by atoms with Crippen LogP contribution in [0.25, 0.3) is 11.3 Å². The van der Waals surface area contributed by atoms with E-state index in [2.05, 4.69) is 10.2 Å². The van der Waals surface area contributed by atoms with Gasteiger partial charge < -0.3 is 14.2 Å². The predicted octanol–water partition coefficient (Wildman–Crippen LogP) is 3.29. The Balaban J connectivity index is 1.77. The van der Waals surface area contributed by atoms with Crippen molar-refractivity contribution >= 4 is 11.7 Å². The Labute approximate surface area is 159 Å². The summed E-state index contributed by atoms with van der Waals surface area (Å²) in [6.45, 7) is 0. The summed E-state index contributed by atoms with van der Waals surface area (Å²) in [5.74, 6) is 0.516. The molecule has 0 aliphatic carbocycles. The van der Waals surface area contributed by atoms with Crippen molar-refractivity contribution in [3.63, 3.8) is 0 Å². The summed E-state index contributed by atoms with van der Waals surface area (Å²) in [4.78, 5) is 22.3. The van der Waals surface area contributed by atoms with Crippen molar-refractivity contribution in [2.45, 2.75) is 0 Å².